The maximum atomic E-state index is 10.8. The Kier molecular flexibility index (Phi) is 9.40. The molecule has 3 rings (SSSR count). The Hall–Kier alpha value is -3.19. The number of carbonyl (C=O) groups is 2. The molecule has 10 nitrogen and oxygen atoms in total. The second-order valence-corrected chi connectivity index (χ2v) is 8.05. The van der Waals surface area contributed by atoms with E-state index in [-0.39, 0.29) is 24.5 Å². The molecule has 10 heteroatoms. The zero-order valence-corrected chi connectivity index (χ0v) is 18.3. The van der Waals surface area contributed by atoms with Crippen LogP contribution in [0.5, 0.6) is 0 Å². The van der Waals surface area contributed by atoms with Gasteiger partial charge < -0.3 is 25.3 Å². The molecule has 1 saturated heterocycles. The highest BCUT2D eigenvalue weighted by atomic mass is 16.6. The monoisotopic (exact) mass is 445 g/mol. The van der Waals surface area contributed by atoms with Crippen molar-refractivity contribution in [2.24, 2.45) is 16.6 Å². The van der Waals surface area contributed by atoms with Crippen molar-refractivity contribution < 1.29 is 24.2 Å². The predicted octanol–water partition coefficient (Wildman–Crippen LogP) is 2.83. The van der Waals surface area contributed by atoms with Gasteiger partial charge in [-0.1, -0.05) is 19.3 Å². The normalized spacial score (nSPS) is 23.5. The molecular weight excluding hydrogens is 414 g/mol. The van der Waals surface area contributed by atoms with Crippen LogP contribution in [0.3, 0.4) is 0 Å². The number of nitrogens with two attached hydrogens (primary N) is 1. The Bertz CT molecular complexity index is 868. The number of aliphatic carboxylic acids is 1. The number of H-pyrrole nitrogens is 1. The molecule has 1 aliphatic heterocycles. The lowest BCUT2D eigenvalue weighted by atomic mass is 9.87. The number of nitrogens with one attached hydrogen (secondary N) is 2. The van der Waals surface area contributed by atoms with E-state index in [1.807, 2.05) is 0 Å². The van der Waals surface area contributed by atoms with Crippen LogP contribution in [0.1, 0.15) is 69.7 Å². The maximum Gasteiger partial charge on any atom is 0.303 e. The molecule has 32 heavy (non-hydrogen) atoms. The summed E-state index contributed by atoms with van der Waals surface area (Å²) in [5.74, 6) is -0.377. The second kappa shape index (κ2) is 12.0. The lowest BCUT2D eigenvalue weighted by Crippen LogP contribution is -2.27. The van der Waals surface area contributed by atoms with E-state index in [4.69, 9.17) is 25.7 Å². The Morgan fingerprint density at radius 3 is 2.72 bits per heavy atom. The number of aromatic amines is 1. The molecule has 1 aromatic heterocycles. The van der Waals surface area contributed by atoms with E-state index in [0.29, 0.717) is 36.6 Å². The van der Waals surface area contributed by atoms with Gasteiger partial charge in [-0.05, 0) is 43.7 Å². The van der Waals surface area contributed by atoms with E-state index in [0.717, 1.165) is 19.2 Å². The van der Waals surface area contributed by atoms with Crippen molar-refractivity contribution in [3.63, 3.8) is 0 Å². The van der Waals surface area contributed by atoms with Gasteiger partial charge in [0.15, 0.2) is 5.60 Å². The Labute approximate surface area is 187 Å². The minimum Gasteiger partial charge on any atom is -0.481 e. The number of carboxylic acid groups (broad SMARTS) is 1. The fourth-order valence-corrected chi connectivity index (χ4v) is 3.99. The van der Waals surface area contributed by atoms with E-state index < -0.39 is 11.6 Å². The van der Waals surface area contributed by atoms with Gasteiger partial charge in [0.1, 0.15) is 24.9 Å². The zero-order chi connectivity index (χ0) is 23.6. The summed E-state index contributed by atoms with van der Waals surface area (Å²) in [6.45, 7) is 1.46. The van der Waals surface area contributed by atoms with E-state index >= 15 is 0 Å². The van der Waals surface area contributed by atoms with Gasteiger partial charge in [0.2, 0.25) is 0 Å². The fourth-order valence-electron chi connectivity index (χ4n) is 3.99. The standard InChI is InChI=1S/C14H17N5O3.C8H14O2/c1-9(20)21-6-10-4-5-14(7-15,22-10)12-3-2-11(19-12)13(17)18-8-16;9-8(10)6-7-4-2-1-3-5-7/h2-3,8,10,19H,4-6H2,1H3,(H3,16,17,18);7H,1-6H2,(H,9,10). The topological polar surface area (TPSA) is 175 Å². The molecular formula is C22H31N5O5. The van der Waals surface area contributed by atoms with Crippen LogP contribution >= 0.6 is 0 Å². The molecule has 0 spiro atoms. The number of nitriles is 1. The number of aliphatic imine (C=N–C) groups is 1. The molecule has 1 aliphatic carbocycles. The molecule has 0 amide bonds. The van der Waals surface area contributed by atoms with E-state index in [1.54, 1.807) is 12.1 Å². The minimum atomic E-state index is -1.12. The van der Waals surface area contributed by atoms with Crippen LogP contribution in [0.2, 0.25) is 0 Å². The van der Waals surface area contributed by atoms with Gasteiger partial charge in [-0.15, -0.1) is 0 Å². The van der Waals surface area contributed by atoms with Crippen molar-refractivity contribution in [3.8, 4) is 6.07 Å². The summed E-state index contributed by atoms with van der Waals surface area (Å²) < 4.78 is 10.7. The summed E-state index contributed by atoms with van der Waals surface area (Å²) >= 11 is 0. The average Bonchev–Trinajstić information content (AvgIpc) is 3.41. The van der Waals surface area contributed by atoms with Crippen LogP contribution in [-0.2, 0) is 24.7 Å². The highest BCUT2D eigenvalue weighted by Gasteiger charge is 2.43. The number of nitrogens with zero attached hydrogens (tertiary/aromatic N) is 2. The number of aromatic nitrogens is 1. The smallest absolute Gasteiger partial charge is 0.303 e. The maximum absolute atomic E-state index is 10.8. The van der Waals surface area contributed by atoms with Gasteiger partial charge in [0.05, 0.1) is 17.5 Å². The van der Waals surface area contributed by atoms with Crippen molar-refractivity contribution in [1.82, 2.24) is 4.98 Å². The molecule has 0 bridgehead atoms. The number of rotatable bonds is 7. The minimum absolute atomic E-state index is 0.129. The number of esters is 1. The molecule has 2 unspecified atom stereocenters. The van der Waals surface area contributed by atoms with Crippen molar-refractivity contribution >= 4 is 24.1 Å². The second-order valence-electron chi connectivity index (χ2n) is 8.05. The van der Waals surface area contributed by atoms with Crippen LogP contribution in [-0.4, -0.2) is 46.9 Å². The third-order valence-corrected chi connectivity index (χ3v) is 5.63. The molecule has 2 fully saturated rings. The summed E-state index contributed by atoms with van der Waals surface area (Å²) in [6.07, 6.45) is 8.04. The highest BCUT2D eigenvalue weighted by molar-refractivity contribution is 5.99. The average molecular weight is 446 g/mol. The van der Waals surface area contributed by atoms with Crippen molar-refractivity contribution in [1.29, 1.82) is 10.7 Å². The summed E-state index contributed by atoms with van der Waals surface area (Å²) in [4.78, 5) is 27.8. The van der Waals surface area contributed by atoms with Crippen LogP contribution in [0, 0.1) is 22.7 Å². The first-order valence-corrected chi connectivity index (χ1v) is 10.8. The lowest BCUT2D eigenvalue weighted by molar-refractivity contribution is -0.146. The number of carboxylic acids is 1. The Morgan fingerprint density at radius 2 is 2.12 bits per heavy atom. The van der Waals surface area contributed by atoms with Crippen LogP contribution in [0.4, 0.5) is 0 Å². The van der Waals surface area contributed by atoms with Crippen LogP contribution in [0.15, 0.2) is 17.1 Å². The third kappa shape index (κ3) is 7.20. The van der Waals surface area contributed by atoms with E-state index in [1.165, 1.54) is 26.2 Å². The van der Waals surface area contributed by atoms with Gasteiger partial charge in [-0.25, -0.2) is 4.99 Å². The van der Waals surface area contributed by atoms with Gasteiger partial charge >= 0.3 is 11.9 Å². The third-order valence-electron chi connectivity index (χ3n) is 5.63. The highest BCUT2D eigenvalue weighted by Crippen LogP contribution is 2.38. The Balaban J connectivity index is 0.000000303. The molecule has 5 N–H and O–H groups in total. The number of hydrogen-bond acceptors (Lipinski definition) is 6. The quantitative estimate of drug-likeness (QED) is 0.283. The summed E-state index contributed by atoms with van der Waals surface area (Å²) in [5.41, 5.74) is 5.66. The number of ether oxygens (including phenoxy) is 2. The zero-order valence-electron chi connectivity index (χ0n) is 18.3. The largest absolute Gasteiger partial charge is 0.481 e. The molecule has 1 saturated carbocycles. The molecule has 2 heterocycles. The molecule has 2 aliphatic rings. The van der Waals surface area contributed by atoms with Gasteiger partial charge in [0, 0.05) is 13.3 Å². The lowest BCUT2D eigenvalue weighted by Gasteiger charge is -2.20. The van der Waals surface area contributed by atoms with Gasteiger partial charge in [-0.3, -0.25) is 15.0 Å². The Morgan fingerprint density at radius 1 is 1.41 bits per heavy atom. The fraction of sp³-hybridized carbons (Fsp3) is 0.591. The van der Waals surface area contributed by atoms with Gasteiger partial charge in [0.25, 0.3) is 0 Å². The molecule has 1 aromatic rings. The summed E-state index contributed by atoms with van der Waals surface area (Å²) in [6, 6.07) is 5.56. The number of amidine groups is 1. The summed E-state index contributed by atoms with van der Waals surface area (Å²) in [5, 5.41) is 24.9. The van der Waals surface area contributed by atoms with Crippen molar-refractivity contribution in [2.45, 2.75) is 70.0 Å². The first kappa shape index (κ1) is 25.1. The van der Waals surface area contributed by atoms with E-state index in [9.17, 15) is 14.9 Å². The SMILES string of the molecule is CC(=O)OCC1CCC(C#N)(c2ccc(C(N)=NC=N)[nH]2)O1.O=C(O)CC1CCCCC1. The predicted molar refractivity (Wildman–Crippen MR) is 117 cm³/mol. The number of carbonyl (C=O) groups excluding carboxylic acids is 1. The van der Waals surface area contributed by atoms with E-state index in [2.05, 4.69) is 16.0 Å². The number of hydrogen-bond donors (Lipinski definition) is 4. The molecule has 2 atom stereocenters. The molecule has 0 aromatic carbocycles. The molecule has 0 radical (unpaired) electrons. The first-order valence-electron chi connectivity index (χ1n) is 10.8. The van der Waals surface area contributed by atoms with Crippen LogP contribution in [0.25, 0.3) is 0 Å². The van der Waals surface area contributed by atoms with Crippen molar-refractivity contribution in [2.75, 3.05) is 6.61 Å². The first-order chi connectivity index (χ1) is 15.3. The summed E-state index contributed by atoms with van der Waals surface area (Å²) in [7, 11) is 0. The van der Waals surface area contributed by atoms with Gasteiger partial charge in [-0.2, -0.15) is 5.26 Å². The van der Waals surface area contributed by atoms with Crippen LogP contribution < -0.4 is 5.73 Å². The van der Waals surface area contributed by atoms with Crippen molar-refractivity contribution in [3.05, 3.63) is 23.5 Å². The molecule has 174 valence electrons.